The molecule has 0 aliphatic heterocycles. The Kier molecular flexibility index (Phi) is 11.0. The molecule has 5 unspecified atom stereocenters. The predicted octanol–water partition coefficient (Wildman–Crippen LogP) is -4.01. The van der Waals surface area contributed by atoms with Crippen LogP contribution in [0.15, 0.2) is 0 Å². The number of aliphatic hydroxyl groups is 1. The lowest BCUT2D eigenvalue weighted by Crippen LogP contribution is -2.58. The molecule has 5 atom stereocenters. The fraction of sp³-hybridized carbons (Fsp3) is 0.625. The molecule has 30 heavy (non-hydrogen) atoms. The largest absolute Gasteiger partial charge is 0.481 e. The topological polar surface area (TPSA) is 251 Å². The van der Waals surface area contributed by atoms with Crippen LogP contribution in [-0.4, -0.2) is 81.2 Å². The molecular weight excluding hydrogens is 406 g/mol. The molecule has 0 aromatic rings. The van der Waals surface area contributed by atoms with Gasteiger partial charge >= 0.3 is 11.9 Å². The van der Waals surface area contributed by atoms with Crippen molar-refractivity contribution in [1.82, 2.24) is 16.0 Å². The average Bonchev–Trinajstić information content (AvgIpc) is 2.61. The first kappa shape index (κ1) is 26.7. The van der Waals surface area contributed by atoms with E-state index >= 15 is 0 Å². The minimum absolute atomic E-state index is 0.0600. The van der Waals surface area contributed by atoms with Gasteiger partial charge in [-0.1, -0.05) is 0 Å². The van der Waals surface area contributed by atoms with Gasteiger partial charge in [-0.2, -0.15) is 0 Å². The summed E-state index contributed by atoms with van der Waals surface area (Å²) in [7, 11) is 0. The van der Waals surface area contributed by atoms with E-state index in [0.29, 0.717) is 0 Å². The Bertz CT molecular complexity index is 682. The molecule has 0 saturated carbocycles. The summed E-state index contributed by atoms with van der Waals surface area (Å²) in [6.07, 6.45) is -2.59. The molecule has 14 heteroatoms. The van der Waals surface area contributed by atoms with Crippen LogP contribution >= 0.6 is 0 Å². The SMILES string of the molecule is CC(NC(=O)C(N)CCC(N)=O)C(=O)NC(CC(=O)O)C(=O)NC(C(=O)O)C(C)O. The van der Waals surface area contributed by atoms with Crippen molar-refractivity contribution >= 4 is 35.6 Å². The van der Waals surface area contributed by atoms with Crippen molar-refractivity contribution in [3.05, 3.63) is 0 Å². The van der Waals surface area contributed by atoms with E-state index in [9.17, 15) is 33.9 Å². The minimum Gasteiger partial charge on any atom is -0.481 e. The van der Waals surface area contributed by atoms with Crippen LogP contribution in [0.2, 0.25) is 0 Å². The third-order valence-corrected chi connectivity index (χ3v) is 3.85. The number of nitrogens with one attached hydrogen (secondary N) is 3. The van der Waals surface area contributed by atoms with Crippen molar-refractivity contribution in [3.63, 3.8) is 0 Å². The Hall–Kier alpha value is -3.26. The number of rotatable bonds is 13. The summed E-state index contributed by atoms with van der Waals surface area (Å²) in [6, 6.07) is -5.79. The Balaban J connectivity index is 5.06. The second-order valence-electron chi connectivity index (χ2n) is 6.57. The molecule has 170 valence electrons. The molecule has 0 bridgehead atoms. The Labute approximate surface area is 171 Å². The summed E-state index contributed by atoms with van der Waals surface area (Å²) in [5.41, 5.74) is 10.5. The van der Waals surface area contributed by atoms with Crippen LogP contribution in [-0.2, 0) is 28.8 Å². The molecule has 14 nitrogen and oxygen atoms in total. The number of carbonyl (C=O) groups excluding carboxylic acids is 4. The minimum atomic E-state index is -1.73. The van der Waals surface area contributed by atoms with Gasteiger partial charge in [0.2, 0.25) is 23.6 Å². The third-order valence-electron chi connectivity index (χ3n) is 3.85. The quantitative estimate of drug-likeness (QED) is 0.140. The van der Waals surface area contributed by atoms with E-state index in [1.54, 1.807) is 0 Å². The second kappa shape index (κ2) is 12.3. The van der Waals surface area contributed by atoms with E-state index in [1.807, 2.05) is 5.32 Å². The first-order valence-corrected chi connectivity index (χ1v) is 8.83. The standard InChI is InChI=1S/C16H27N5O9/c1-6(19-14(27)8(17)3-4-10(18)23)13(26)20-9(5-11(24)25)15(28)21-12(7(2)22)16(29)30/h6-9,12,22H,3-5,17H2,1-2H3,(H2,18,23)(H,19,27)(H,20,26)(H,21,28)(H,24,25)(H,29,30). The van der Waals surface area contributed by atoms with Crippen molar-refractivity contribution in [2.45, 2.75) is 63.4 Å². The van der Waals surface area contributed by atoms with E-state index in [0.717, 1.165) is 6.92 Å². The highest BCUT2D eigenvalue weighted by atomic mass is 16.4. The molecule has 0 aromatic heterocycles. The molecule has 0 aromatic carbocycles. The van der Waals surface area contributed by atoms with Gasteiger partial charge in [0.1, 0.15) is 12.1 Å². The van der Waals surface area contributed by atoms with Gasteiger partial charge < -0.3 is 42.7 Å². The zero-order valence-corrected chi connectivity index (χ0v) is 16.5. The van der Waals surface area contributed by atoms with Crippen LogP contribution in [0.4, 0.5) is 0 Å². The van der Waals surface area contributed by atoms with Crippen LogP contribution in [0.3, 0.4) is 0 Å². The maximum absolute atomic E-state index is 12.2. The molecule has 0 saturated heterocycles. The highest BCUT2D eigenvalue weighted by molar-refractivity contribution is 5.95. The van der Waals surface area contributed by atoms with Gasteiger partial charge in [0.25, 0.3) is 0 Å². The van der Waals surface area contributed by atoms with Crippen LogP contribution in [0.5, 0.6) is 0 Å². The molecule has 4 amide bonds. The number of amides is 4. The second-order valence-corrected chi connectivity index (χ2v) is 6.57. The van der Waals surface area contributed by atoms with E-state index in [1.165, 1.54) is 6.92 Å². The maximum atomic E-state index is 12.2. The summed E-state index contributed by atoms with van der Waals surface area (Å²) in [6.45, 7) is 2.34. The van der Waals surface area contributed by atoms with Crippen molar-refractivity contribution in [3.8, 4) is 0 Å². The zero-order chi connectivity index (χ0) is 23.6. The van der Waals surface area contributed by atoms with Crippen molar-refractivity contribution in [1.29, 1.82) is 0 Å². The lowest BCUT2D eigenvalue weighted by molar-refractivity contribution is -0.146. The summed E-state index contributed by atoms with van der Waals surface area (Å²) >= 11 is 0. The number of aliphatic hydroxyl groups excluding tert-OH is 1. The number of hydrogen-bond acceptors (Lipinski definition) is 8. The van der Waals surface area contributed by atoms with Gasteiger partial charge in [-0.05, 0) is 20.3 Å². The van der Waals surface area contributed by atoms with Crippen LogP contribution < -0.4 is 27.4 Å². The smallest absolute Gasteiger partial charge is 0.328 e. The number of hydrogen-bond donors (Lipinski definition) is 8. The lowest BCUT2D eigenvalue weighted by atomic mass is 10.1. The molecule has 0 aliphatic carbocycles. The normalized spacial score (nSPS) is 15.6. The molecule has 0 fully saturated rings. The van der Waals surface area contributed by atoms with Crippen LogP contribution in [0.1, 0.15) is 33.1 Å². The number of carboxylic acids is 2. The molecule has 0 spiro atoms. The molecule has 0 radical (unpaired) electrons. The van der Waals surface area contributed by atoms with Gasteiger partial charge in [-0.15, -0.1) is 0 Å². The molecule has 0 aliphatic rings. The predicted molar refractivity (Wildman–Crippen MR) is 99.4 cm³/mol. The Morgan fingerprint density at radius 3 is 1.90 bits per heavy atom. The number of carbonyl (C=O) groups is 6. The van der Waals surface area contributed by atoms with Gasteiger partial charge in [0.05, 0.1) is 18.6 Å². The lowest BCUT2D eigenvalue weighted by Gasteiger charge is -2.23. The monoisotopic (exact) mass is 433 g/mol. The number of aliphatic carboxylic acids is 2. The van der Waals surface area contributed by atoms with Gasteiger partial charge in [-0.25, -0.2) is 4.79 Å². The van der Waals surface area contributed by atoms with E-state index < -0.39 is 72.3 Å². The first-order chi connectivity index (χ1) is 13.8. The first-order valence-electron chi connectivity index (χ1n) is 8.83. The van der Waals surface area contributed by atoms with Crippen molar-refractivity contribution in [2.75, 3.05) is 0 Å². The third kappa shape index (κ3) is 9.79. The Morgan fingerprint density at radius 2 is 1.47 bits per heavy atom. The molecular formula is C16H27N5O9. The average molecular weight is 433 g/mol. The highest BCUT2D eigenvalue weighted by Crippen LogP contribution is 2.00. The zero-order valence-electron chi connectivity index (χ0n) is 16.5. The fourth-order valence-electron chi connectivity index (χ4n) is 2.14. The van der Waals surface area contributed by atoms with Gasteiger partial charge in [0, 0.05) is 6.42 Å². The van der Waals surface area contributed by atoms with E-state index in [4.69, 9.17) is 21.7 Å². The summed E-state index contributed by atoms with van der Waals surface area (Å²) in [5, 5.41) is 33.6. The number of primary amides is 1. The number of nitrogens with two attached hydrogens (primary N) is 2. The summed E-state index contributed by atoms with van der Waals surface area (Å²) in [4.78, 5) is 69.2. The van der Waals surface area contributed by atoms with Crippen LogP contribution in [0.25, 0.3) is 0 Å². The summed E-state index contributed by atoms with van der Waals surface area (Å²) in [5.74, 6) is -6.58. The Morgan fingerprint density at radius 1 is 0.900 bits per heavy atom. The molecule has 0 rings (SSSR count). The fourth-order valence-corrected chi connectivity index (χ4v) is 2.14. The van der Waals surface area contributed by atoms with Crippen LogP contribution in [0, 0.1) is 0 Å². The highest BCUT2D eigenvalue weighted by Gasteiger charge is 2.32. The molecule has 10 N–H and O–H groups in total. The van der Waals surface area contributed by atoms with E-state index in [2.05, 4.69) is 10.6 Å². The number of carboxylic acid groups (broad SMARTS) is 2. The van der Waals surface area contributed by atoms with Gasteiger partial charge in [0.15, 0.2) is 6.04 Å². The van der Waals surface area contributed by atoms with Crippen molar-refractivity contribution < 1.29 is 44.1 Å². The van der Waals surface area contributed by atoms with Crippen molar-refractivity contribution in [2.24, 2.45) is 11.5 Å². The maximum Gasteiger partial charge on any atom is 0.328 e. The van der Waals surface area contributed by atoms with E-state index in [-0.39, 0.29) is 12.8 Å². The van der Waals surface area contributed by atoms with Gasteiger partial charge in [-0.3, -0.25) is 24.0 Å². The molecule has 0 heterocycles. The summed E-state index contributed by atoms with van der Waals surface area (Å²) < 4.78 is 0.